The van der Waals surface area contributed by atoms with Gasteiger partial charge < -0.3 is 67.1 Å². The summed E-state index contributed by atoms with van der Waals surface area (Å²) >= 11 is 0. The highest BCUT2D eigenvalue weighted by Gasteiger charge is 2.43. The zero-order valence-electron chi connectivity index (χ0n) is 48.1. The molecule has 2 heterocycles. The molecule has 0 radical (unpaired) electrons. The Labute approximate surface area is 482 Å². The van der Waals surface area contributed by atoms with Crippen molar-refractivity contribution < 1.29 is 53.2 Å². The van der Waals surface area contributed by atoms with Crippen molar-refractivity contribution in [2.24, 2.45) is 11.7 Å². The van der Waals surface area contributed by atoms with E-state index in [1.54, 1.807) is 38.1 Å². The highest BCUT2D eigenvalue weighted by molar-refractivity contribution is 5.99. The van der Waals surface area contributed by atoms with Crippen LogP contribution in [0.5, 0.6) is 11.5 Å². The van der Waals surface area contributed by atoms with Crippen LogP contribution in [-0.2, 0) is 39.9 Å². The van der Waals surface area contributed by atoms with Crippen molar-refractivity contribution in [3.05, 3.63) is 108 Å². The molecule has 0 saturated carbocycles. The molecule has 2 fully saturated rings. The van der Waals surface area contributed by atoms with Crippen LogP contribution >= 0.6 is 0 Å². The molecule has 82 heavy (non-hydrogen) atoms. The van der Waals surface area contributed by atoms with Gasteiger partial charge in [0, 0.05) is 38.3 Å². The van der Waals surface area contributed by atoms with E-state index in [2.05, 4.69) is 38.8 Å². The Morgan fingerprint density at radius 2 is 1.29 bits per heavy atom. The first-order valence-corrected chi connectivity index (χ1v) is 29.1. The first-order valence-electron chi connectivity index (χ1n) is 29.1. The van der Waals surface area contributed by atoms with E-state index in [0.717, 1.165) is 52.8 Å². The molecule has 4 aromatic rings. The lowest BCUT2D eigenvalue weighted by Gasteiger charge is -2.31. The van der Waals surface area contributed by atoms with Crippen molar-refractivity contribution in [3.63, 3.8) is 0 Å². The molecule has 0 aromatic heterocycles. The van der Waals surface area contributed by atoms with Crippen molar-refractivity contribution >= 4 is 41.4 Å². The Morgan fingerprint density at radius 3 is 1.90 bits per heavy atom. The summed E-state index contributed by atoms with van der Waals surface area (Å²) in [6.45, 7) is 11.4. The standard InChI is InChI=1S/C62H85N9O11/c1-6-9-10-35-81-49-28-24-46(25-29-49)44-18-16-43(17-19-44)45-20-22-47(23-21-45)56(75)65-38-55(74)66-50(7-2)61(79)70-34-11-12-53(70)58(77)68-52(30-15-42-13-26-48(73)27-14-42)57(76)67-51(8-3)62(80)71-39-40(4)37-54(71)59(78)69-60(41(5)72)82-36-33-64-32-31-63/h13-14,16-29,40-41,50-54,60,64,72-73H,6-12,15,30-39,63H2,1-5H3,(H,65,75)(H,66,74)(H,67,76)(H,68,77)(H,69,78)/t40-,41-,50?,51?,52?,53?,54?,60?/m1/s1. The van der Waals surface area contributed by atoms with Gasteiger partial charge >= 0.3 is 0 Å². The quantitative estimate of drug-likeness (QED) is 0.0248. The Morgan fingerprint density at radius 1 is 0.695 bits per heavy atom. The van der Waals surface area contributed by atoms with Crippen molar-refractivity contribution in [2.75, 3.05) is 52.5 Å². The van der Waals surface area contributed by atoms with Gasteiger partial charge in [-0.2, -0.15) is 0 Å². The minimum atomic E-state index is -1.18. The summed E-state index contributed by atoms with van der Waals surface area (Å²) in [6.07, 6.45) is 3.07. The molecule has 6 unspecified atom stereocenters. The van der Waals surface area contributed by atoms with E-state index in [-0.39, 0.29) is 57.0 Å². The molecule has 0 spiro atoms. The first kappa shape index (κ1) is 63.8. The number of aromatic hydroxyl groups is 1. The number of aryl methyl sites for hydroxylation is 1. The van der Waals surface area contributed by atoms with Crippen LogP contribution in [0.4, 0.5) is 0 Å². The van der Waals surface area contributed by atoms with E-state index in [1.807, 2.05) is 67.6 Å². The second kappa shape index (κ2) is 32.3. The minimum Gasteiger partial charge on any atom is -0.508 e. The number of rotatable bonds is 31. The fourth-order valence-corrected chi connectivity index (χ4v) is 10.2. The maximum Gasteiger partial charge on any atom is 0.251 e. The third kappa shape index (κ3) is 18.6. The number of nitrogens with zero attached hydrogens (tertiary/aromatic N) is 2. The maximum atomic E-state index is 14.3. The number of likely N-dealkylation sites (tertiary alicyclic amines) is 2. The number of carbonyl (C=O) groups is 7. The van der Waals surface area contributed by atoms with Gasteiger partial charge in [-0.05, 0) is 128 Å². The van der Waals surface area contributed by atoms with Crippen LogP contribution < -0.4 is 42.4 Å². The second-order valence-corrected chi connectivity index (χ2v) is 21.3. The summed E-state index contributed by atoms with van der Waals surface area (Å²) in [7, 11) is 0. The Kier molecular flexibility index (Phi) is 25.1. The number of hydrogen-bond donors (Lipinski definition) is 9. The number of carbonyl (C=O) groups excluding carboxylic acids is 7. The molecule has 2 saturated heterocycles. The predicted molar refractivity (Wildman–Crippen MR) is 313 cm³/mol. The number of aliphatic hydroxyl groups excluding tert-OH is 1. The molecule has 8 atom stereocenters. The number of phenols is 1. The van der Waals surface area contributed by atoms with Gasteiger partial charge in [-0.15, -0.1) is 0 Å². The lowest BCUT2D eigenvalue weighted by Crippen LogP contribution is -2.59. The largest absolute Gasteiger partial charge is 0.508 e. The number of amides is 7. The summed E-state index contributed by atoms with van der Waals surface area (Å²) < 4.78 is 11.6. The molecule has 7 amide bonds. The first-order chi connectivity index (χ1) is 39.5. The van der Waals surface area contributed by atoms with Crippen molar-refractivity contribution in [1.29, 1.82) is 0 Å². The smallest absolute Gasteiger partial charge is 0.251 e. The lowest BCUT2D eigenvalue weighted by atomic mass is 9.99. The number of aliphatic hydroxyl groups is 1. The highest BCUT2D eigenvalue weighted by Crippen LogP contribution is 2.28. The topological polar surface area (TPSA) is 283 Å². The fraction of sp³-hybridized carbons (Fsp3) is 0.500. The van der Waals surface area contributed by atoms with Gasteiger partial charge in [-0.3, -0.25) is 33.6 Å². The monoisotopic (exact) mass is 1130 g/mol. The highest BCUT2D eigenvalue weighted by atomic mass is 16.5. The molecule has 444 valence electrons. The number of phenolic OH excluding ortho intramolecular Hbond substituents is 1. The average Bonchev–Trinajstić information content (AvgIpc) is 4.26. The summed E-state index contributed by atoms with van der Waals surface area (Å²) in [5.74, 6) is -2.95. The zero-order chi connectivity index (χ0) is 59.1. The summed E-state index contributed by atoms with van der Waals surface area (Å²) in [5, 5.41) is 37.2. The normalized spacial score (nSPS) is 17.7. The lowest BCUT2D eigenvalue weighted by molar-refractivity contribution is -0.144. The van der Waals surface area contributed by atoms with E-state index in [0.29, 0.717) is 51.1 Å². The number of nitrogens with two attached hydrogens (primary N) is 1. The summed E-state index contributed by atoms with van der Waals surface area (Å²) in [4.78, 5) is 100. The summed E-state index contributed by atoms with van der Waals surface area (Å²) in [6, 6.07) is 24.5. The van der Waals surface area contributed by atoms with Crippen molar-refractivity contribution in [2.45, 2.75) is 141 Å². The van der Waals surface area contributed by atoms with Crippen LogP contribution in [0.3, 0.4) is 0 Å². The number of ether oxygens (including phenoxy) is 2. The molecule has 0 bridgehead atoms. The Hall–Kier alpha value is -7.39. The van der Waals surface area contributed by atoms with Crippen LogP contribution in [0, 0.1) is 5.92 Å². The van der Waals surface area contributed by atoms with Crippen LogP contribution in [0.15, 0.2) is 97.1 Å². The van der Waals surface area contributed by atoms with E-state index in [4.69, 9.17) is 15.2 Å². The van der Waals surface area contributed by atoms with E-state index < -0.39 is 90.4 Å². The van der Waals surface area contributed by atoms with Crippen LogP contribution in [0.1, 0.15) is 108 Å². The van der Waals surface area contributed by atoms with Crippen LogP contribution in [0.2, 0.25) is 0 Å². The summed E-state index contributed by atoms with van der Waals surface area (Å²) in [5.41, 5.74) is 10.7. The molecular weight excluding hydrogens is 1050 g/mol. The van der Waals surface area contributed by atoms with E-state index in [1.165, 1.54) is 28.9 Å². The van der Waals surface area contributed by atoms with Crippen LogP contribution in [-0.4, -0.2) is 156 Å². The zero-order valence-corrected chi connectivity index (χ0v) is 48.1. The fourth-order valence-electron chi connectivity index (χ4n) is 10.2. The van der Waals surface area contributed by atoms with Gasteiger partial charge in [0.25, 0.3) is 5.91 Å². The number of unbranched alkanes of at least 4 members (excludes halogenated alkanes) is 2. The number of hydrogen-bond acceptors (Lipinski definition) is 13. The van der Waals surface area contributed by atoms with E-state index in [9.17, 15) is 43.8 Å². The average molecular weight is 1130 g/mol. The van der Waals surface area contributed by atoms with Gasteiger partial charge in [0.05, 0.1) is 25.9 Å². The third-order valence-electron chi connectivity index (χ3n) is 14.9. The molecular formula is C62H85N9O11. The maximum absolute atomic E-state index is 14.3. The van der Waals surface area contributed by atoms with Gasteiger partial charge in [-0.1, -0.05) is 101 Å². The second-order valence-electron chi connectivity index (χ2n) is 21.3. The molecule has 6 rings (SSSR count). The van der Waals surface area contributed by atoms with Gasteiger partial charge in [0.2, 0.25) is 35.4 Å². The molecule has 2 aliphatic heterocycles. The van der Waals surface area contributed by atoms with Crippen molar-refractivity contribution in [3.8, 4) is 33.8 Å². The molecule has 20 nitrogen and oxygen atoms in total. The number of benzene rings is 4. The third-order valence-corrected chi connectivity index (χ3v) is 14.9. The van der Waals surface area contributed by atoms with Gasteiger partial charge in [-0.25, -0.2) is 0 Å². The number of nitrogens with one attached hydrogen (secondary N) is 6. The molecule has 4 aromatic carbocycles. The van der Waals surface area contributed by atoms with Gasteiger partial charge in [0.1, 0.15) is 41.7 Å². The Balaban J connectivity index is 1.03. The molecule has 10 N–H and O–H groups in total. The molecule has 0 aliphatic carbocycles. The van der Waals surface area contributed by atoms with Gasteiger partial charge in [0.15, 0.2) is 6.23 Å². The Bertz CT molecular complexity index is 2710. The predicted octanol–water partition coefficient (Wildman–Crippen LogP) is 4.55. The van der Waals surface area contributed by atoms with Crippen LogP contribution in [0.25, 0.3) is 22.3 Å². The SMILES string of the molecule is CCCCCOc1ccc(-c2ccc(-c3ccc(C(=O)NCC(=O)NC(CC)C(=O)N4CCCC4C(=O)NC(CCc4ccc(O)cc4)C(=O)NC(CC)C(=O)N4C[C@H](C)CC4C(=O)NC(OCCNCCN)[C@@H](C)O)cc3)cc2)cc1. The molecule has 2 aliphatic rings. The van der Waals surface area contributed by atoms with E-state index >= 15 is 0 Å². The minimum absolute atomic E-state index is 0.0580. The van der Waals surface area contributed by atoms with Crippen molar-refractivity contribution in [1.82, 2.24) is 41.7 Å². The molecule has 20 heteroatoms.